The third-order valence-corrected chi connectivity index (χ3v) is 3.79. The van der Waals surface area contributed by atoms with Crippen molar-refractivity contribution in [1.29, 1.82) is 0 Å². The van der Waals surface area contributed by atoms with Gasteiger partial charge in [-0.2, -0.15) is 4.98 Å². The molecule has 0 radical (unpaired) electrons. The van der Waals surface area contributed by atoms with E-state index in [-0.39, 0.29) is 0 Å². The van der Waals surface area contributed by atoms with Gasteiger partial charge < -0.3 is 19.9 Å². The largest absolute Gasteiger partial charge is 0.494 e. The third kappa shape index (κ3) is 4.80. The van der Waals surface area contributed by atoms with Gasteiger partial charge in [-0.15, -0.1) is 0 Å². The molecule has 0 spiro atoms. The van der Waals surface area contributed by atoms with Gasteiger partial charge in [0.2, 0.25) is 11.7 Å². The molecule has 0 aliphatic carbocycles. The van der Waals surface area contributed by atoms with Crippen LogP contribution in [0, 0.1) is 6.92 Å². The number of hydrogen-bond acceptors (Lipinski definition) is 5. The lowest BCUT2D eigenvalue weighted by atomic mass is 10.1. The fourth-order valence-electron chi connectivity index (χ4n) is 2.39. The molecular weight excluding hydrogens is 348 g/mol. The highest BCUT2D eigenvalue weighted by molar-refractivity contribution is 7.80. The average molecular weight is 368 g/mol. The van der Waals surface area contributed by atoms with Crippen molar-refractivity contribution in [3.63, 3.8) is 0 Å². The Hall–Kier alpha value is -2.93. The zero-order valence-corrected chi connectivity index (χ0v) is 15.5. The number of aryl methyl sites for hydroxylation is 1. The molecule has 1 heterocycles. The molecule has 3 rings (SSSR count). The van der Waals surface area contributed by atoms with Crippen LogP contribution in [0.4, 0.5) is 5.69 Å². The number of nitrogens with one attached hydrogen (secondary N) is 2. The van der Waals surface area contributed by atoms with Gasteiger partial charge in [-0.1, -0.05) is 35.0 Å². The van der Waals surface area contributed by atoms with Crippen molar-refractivity contribution in [1.82, 2.24) is 15.5 Å². The van der Waals surface area contributed by atoms with Gasteiger partial charge in [0.25, 0.3) is 0 Å². The van der Waals surface area contributed by atoms with Crippen LogP contribution in [0.1, 0.15) is 18.4 Å². The number of ether oxygens (including phenoxy) is 1. The molecule has 6 nitrogen and oxygen atoms in total. The Balaban J connectivity index is 1.56. The van der Waals surface area contributed by atoms with Crippen molar-refractivity contribution >= 4 is 23.0 Å². The lowest BCUT2D eigenvalue weighted by Crippen LogP contribution is -2.28. The number of benzene rings is 2. The van der Waals surface area contributed by atoms with Gasteiger partial charge in [0, 0.05) is 17.3 Å². The van der Waals surface area contributed by atoms with E-state index in [0.717, 1.165) is 22.6 Å². The van der Waals surface area contributed by atoms with E-state index >= 15 is 0 Å². The van der Waals surface area contributed by atoms with E-state index in [4.69, 9.17) is 21.5 Å². The number of aromatic nitrogens is 2. The van der Waals surface area contributed by atoms with Gasteiger partial charge >= 0.3 is 0 Å². The molecule has 0 aliphatic heterocycles. The van der Waals surface area contributed by atoms with Crippen LogP contribution in [0.3, 0.4) is 0 Å². The van der Waals surface area contributed by atoms with Gasteiger partial charge in [0.15, 0.2) is 5.11 Å². The smallest absolute Gasteiger partial charge is 0.246 e. The Bertz CT molecular complexity index is 895. The van der Waals surface area contributed by atoms with Crippen LogP contribution in [0.2, 0.25) is 0 Å². The first-order valence-electron chi connectivity index (χ1n) is 8.31. The fraction of sp³-hybridized carbons (Fsp3) is 0.211. The number of nitrogens with zero attached hydrogens (tertiary/aromatic N) is 2. The minimum Gasteiger partial charge on any atom is -0.494 e. The molecule has 0 unspecified atom stereocenters. The Labute approximate surface area is 157 Å². The minimum absolute atomic E-state index is 0.343. The zero-order valence-electron chi connectivity index (χ0n) is 14.7. The average Bonchev–Trinajstić information content (AvgIpc) is 3.10. The van der Waals surface area contributed by atoms with Crippen molar-refractivity contribution in [3.05, 3.63) is 60.0 Å². The highest BCUT2D eigenvalue weighted by atomic mass is 32.1. The van der Waals surface area contributed by atoms with E-state index in [9.17, 15) is 0 Å². The minimum atomic E-state index is 0.343. The first-order valence-corrected chi connectivity index (χ1v) is 8.72. The van der Waals surface area contributed by atoms with Crippen molar-refractivity contribution in [2.75, 3.05) is 11.9 Å². The SMILES string of the molecule is CCOc1cccc(NC(=S)NCc2nc(-c3cccc(C)c3)no2)c1. The van der Waals surface area contributed by atoms with Crippen LogP contribution in [-0.2, 0) is 6.54 Å². The fourth-order valence-corrected chi connectivity index (χ4v) is 2.58. The Kier molecular flexibility index (Phi) is 5.80. The molecular formula is C19H20N4O2S. The molecule has 7 heteroatoms. The lowest BCUT2D eigenvalue weighted by Gasteiger charge is -2.10. The highest BCUT2D eigenvalue weighted by Gasteiger charge is 2.09. The first kappa shape index (κ1) is 17.9. The summed E-state index contributed by atoms with van der Waals surface area (Å²) in [6, 6.07) is 15.6. The van der Waals surface area contributed by atoms with Crippen LogP contribution >= 0.6 is 12.2 Å². The highest BCUT2D eigenvalue weighted by Crippen LogP contribution is 2.18. The van der Waals surface area contributed by atoms with Crippen LogP contribution < -0.4 is 15.4 Å². The van der Waals surface area contributed by atoms with Crippen LogP contribution in [-0.4, -0.2) is 21.9 Å². The molecule has 0 amide bonds. The van der Waals surface area contributed by atoms with Gasteiger partial charge in [0.05, 0.1) is 13.2 Å². The Morgan fingerprint density at radius 2 is 2.04 bits per heavy atom. The predicted octanol–water partition coefficient (Wildman–Crippen LogP) is 3.93. The topological polar surface area (TPSA) is 72.2 Å². The van der Waals surface area contributed by atoms with Crippen LogP contribution in [0.25, 0.3) is 11.4 Å². The third-order valence-electron chi connectivity index (χ3n) is 3.55. The van der Waals surface area contributed by atoms with Gasteiger partial charge in [0.1, 0.15) is 5.75 Å². The standard InChI is InChI=1S/C19H20N4O2S/c1-3-24-16-9-5-8-15(11-16)21-19(26)20-12-17-22-18(23-25-17)14-7-4-6-13(2)10-14/h4-11H,3,12H2,1-2H3,(H2,20,21,26). The Morgan fingerprint density at radius 1 is 1.19 bits per heavy atom. The van der Waals surface area contributed by atoms with Crippen LogP contribution in [0.15, 0.2) is 53.1 Å². The monoisotopic (exact) mass is 368 g/mol. The number of thiocarbonyl (C=S) groups is 1. The van der Waals surface area contributed by atoms with Crippen molar-refractivity contribution < 1.29 is 9.26 Å². The quantitative estimate of drug-likeness (QED) is 0.639. The maximum atomic E-state index is 5.47. The predicted molar refractivity (Wildman–Crippen MR) is 105 cm³/mol. The molecule has 2 aromatic carbocycles. The molecule has 0 saturated carbocycles. The van der Waals surface area contributed by atoms with Crippen molar-refractivity contribution in [3.8, 4) is 17.1 Å². The molecule has 0 fully saturated rings. The molecule has 0 atom stereocenters. The van der Waals surface area contributed by atoms with Gasteiger partial charge in [-0.25, -0.2) is 0 Å². The molecule has 1 aromatic heterocycles. The normalized spacial score (nSPS) is 10.4. The lowest BCUT2D eigenvalue weighted by molar-refractivity contribution is 0.340. The van der Waals surface area contributed by atoms with E-state index in [1.54, 1.807) is 0 Å². The maximum Gasteiger partial charge on any atom is 0.246 e. The summed E-state index contributed by atoms with van der Waals surface area (Å²) in [6.07, 6.45) is 0. The second-order valence-electron chi connectivity index (χ2n) is 5.65. The molecule has 2 N–H and O–H groups in total. The summed E-state index contributed by atoms with van der Waals surface area (Å²) in [5, 5.41) is 10.6. The molecule has 134 valence electrons. The number of anilines is 1. The second-order valence-corrected chi connectivity index (χ2v) is 6.06. The number of hydrogen-bond donors (Lipinski definition) is 2. The molecule has 0 saturated heterocycles. The summed E-state index contributed by atoms with van der Waals surface area (Å²) in [6.45, 7) is 4.93. The second kappa shape index (κ2) is 8.44. The summed E-state index contributed by atoms with van der Waals surface area (Å²) in [7, 11) is 0. The van der Waals surface area contributed by atoms with E-state index in [1.165, 1.54) is 0 Å². The molecule has 3 aromatic rings. The summed E-state index contributed by atoms with van der Waals surface area (Å²) in [5.74, 6) is 1.82. The summed E-state index contributed by atoms with van der Waals surface area (Å²) in [5.41, 5.74) is 2.92. The summed E-state index contributed by atoms with van der Waals surface area (Å²) < 4.78 is 10.8. The zero-order chi connectivity index (χ0) is 18.4. The molecule has 0 aliphatic rings. The van der Waals surface area contributed by atoms with Crippen molar-refractivity contribution in [2.24, 2.45) is 0 Å². The van der Waals surface area contributed by atoms with E-state index in [2.05, 4.69) is 20.8 Å². The summed E-state index contributed by atoms with van der Waals surface area (Å²) in [4.78, 5) is 4.39. The van der Waals surface area contributed by atoms with E-state index < -0.39 is 0 Å². The first-order chi connectivity index (χ1) is 12.6. The van der Waals surface area contributed by atoms with Gasteiger partial charge in [-0.05, 0) is 44.3 Å². The summed E-state index contributed by atoms with van der Waals surface area (Å²) >= 11 is 5.31. The Morgan fingerprint density at radius 3 is 2.85 bits per heavy atom. The maximum absolute atomic E-state index is 5.47. The van der Waals surface area contributed by atoms with Gasteiger partial charge in [-0.3, -0.25) is 0 Å². The van der Waals surface area contributed by atoms with E-state index in [1.807, 2.05) is 62.4 Å². The van der Waals surface area contributed by atoms with Crippen LogP contribution in [0.5, 0.6) is 5.75 Å². The van der Waals surface area contributed by atoms with E-state index in [0.29, 0.717) is 30.0 Å². The molecule has 26 heavy (non-hydrogen) atoms. The molecule has 0 bridgehead atoms. The van der Waals surface area contributed by atoms with Crippen molar-refractivity contribution in [2.45, 2.75) is 20.4 Å². The number of rotatable bonds is 6.